The molecule has 116 valence electrons. The van der Waals surface area contributed by atoms with Crippen molar-refractivity contribution in [1.82, 2.24) is 4.31 Å². The zero-order valence-electron chi connectivity index (χ0n) is 13.4. The van der Waals surface area contributed by atoms with Gasteiger partial charge in [-0.05, 0) is 49.1 Å². The molecule has 1 aromatic carbocycles. The molecule has 0 unspecified atom stereocenters. The van der Waals surface area contributed by atoms with E-state index in [-0.39, 0.29) is 16.9 Å². The number of nitrogens with zero attached hydrogens (tertiary/aromatic N) is 1. The fraction of sp³-hybridized carbons (Fsp3) is 0.647. The van der Waals surface area contributed by atoms with Gasteiger partial charge in [-0.25, -0.2) is 8.42 Å². The van der Waals surface area contributed by atoms with E-state index < -0.39 is 10.0 Å². The SMILES string of the molecule is Cc1ccc(S(=O)(=O)N2C[C@]3(C)C[C@@H]2CC(C)(C)C3)cc1. The van der Waals surface area contributed by atoms with Crippen LogP contribution in [0.1, 0.15) is 45.6 Å². The Balaban J connectivity index is 1.96. The summed E-state index contributed by atoms with van der Waals surface area (Å²) in [5, 5.41) is 0. The van der Waals surface area contributed by atoms with Crippen molar-refractivity contribution in [3.63, 3.8) is 0 Å². The Morgan fingerprint density at radius 1 is 1.10 bits per heavy atom. The molecular formula is C17H25NO2S. The molecular weight excluding hydrogens is 282 g/mol. The number of aryl methyl sites for hydroxylation is 1. The third kappa shape index (κ3) is 2.64. The van der Waals surface area contributed by atoms with E-state index in [0.717, 1.165) is 24.8 Å². The standard InChI is InChI=1S/C17H25NO2S/c1-13-5-7-15(8-6-13)21(19,20)18-12-17(4)10-14(18)9-16(2,3)11-17/h5-8,14H,9-12H2,1-4H3/t14-,17+/m0/s1. The topological polar surface area (TPSA) is 37.4 Å². The fourth-order valence-corrected chi connectivity index (χ4v) is 6.31. The summed E-state index contributed by atoms with van der Waals surface area (Å²) >= 11 is 0. The molecule has 1 aliphatic carbocycles. The fourth-order valence-electron chi connectivity index (χ4n) is 4.53. The van der Waals surface area contributed by atoms with Gasteiger partial charge in [-0.1, -0.05) is 38.5 Å². The first-order valence-electron chi connectivity index (χ1n) is 7.70. The van der Waals surface area contributed by atoms with Crippen molar-refractivity contribution in [3.05, 3.63) is 29.8 Å². The second-order valence-electron chi connectivity index (χ2n) is 8.08. The highest BCUT2D eigenvalue weighted by Gasteiger charge is 2.53. The minimum absolute atomic E-state index is 0.129. The van der Waals surface area contributed by atoms with Crippen LogP contribution in [0.15, 0.2) is 29.2 Å². The molecule has 21 heavy (non-hydrogen) atoms. The second-order valence-corrected chi connectivity index (χ2v) is 9.97. The molecule has 1 aliphatic heterocycles. The Kier molecular flexibility index (Phi) is 3.27. The van der Waals surface area contributed by atoms with Crippen LogP contribution in [0.4, 0.5) is 0 Å². The highest BCUT2D eigenvalue weighted by atomic mass is 32.2. The monoisotopic (exact) mass is 307 g/mol. The largest absolute Gasteiger partial charge is 0.243 e. The van der Waals surface area contributed by atoms with Crippen LogP contribution in [-0.2, 0) is 10.0 Å². The third-order valence-electron chi connectivity index (χ3n) is 4.99. The molecule has 0 amide bonds. The van der Waals surface area contributed by atoms with Crippen LogP contribution >= 0.6 is 0 Å². The van der Waals surface area contributed by atoms with E-state index in [4.69, 9.17) is 0 Å². The summed E-state index contributed by atoms with van der Waals surface area (Å²) in [6.07, 6.45) is 3.08. The lowest BCUT2D eigenvalue weighted by Gasteiger charge is -2.39. The molecule has 2 fully saturated rings. The third-order valence-corrected chi connectivity index (χ3v) is 6.91. The van der Waals surface area contributed by atoms with Gasteiger partial charge in [0.05, 0.1) is 4.90 Å². The van der Waals surface area contributed by atoms with Gasteiger partial charge in [0.2, 0.25) is 10.0 Å². The Morgan fingerprint density at radius 3 is 2.33 bits per heavy atom. The number of fused-ring (bicyclic) bond motifs is 2. The van der Waals surface area contributed by atoms with Crippen LogP contribution in [-0.4, -0.2) is 25.3 Å². The van der Waals surface area contributed by atoms with E-state index in [1.807, 2.05) is 19.1 Å². The van der Waals surface area contributed by atoms with Crippen molar-refractivity contribution in [2.45, 2.75) is 57.9 Å². The molecule has 0 radical (unpaired) electrons. The lowest BCUT2D eigenvalue weighted by molar-refractivity contribution is 0.133. The summed E-state index contributed by atoms with van der Waals surface area (Å²) in [5.41, 5.74) is 1.45. The molecule has 3 nitrogen and oxygen atoms in total. The van der Waals surface area contributed by atoms with E-state index in [1.54, 1.807) is 16.4 Å². The van der Waals surface area contributed by atoms with Crippen LogP contribution in [0, 0.1) is 17.8 Å². The summed E-state index contributed by atoms with van der Waals surface area (Å²) in [5.74, 6) is 0. The van der Waals surface area contributed by atoms with E-state index in [2.05, 4.69) is 20.8 Å². The van der Waals surface area contributed by atoms with Gasteiger partial charge in [0, 0.05) is 12.6 Å². The Morgan fingerprint density at radius 2 is 1.71 bits per heavy atom. The van der Waals surface area contributed by atoms with E-state index in [0.29, 0.717) is 11.4 Å². The smallest absolute Gasteiger partial charge is 0.207 e. The Labute approximate surface area is 128 Å². The molecule has 2 atom stereocenters. The summed E-state index contributed by atoms with van der Waals surface area (Å²) in [6, 6.07) is 7.38. The molecule has 1 aromatic rings. The van der Waals surface area contributed by atoms with E-state index in [9.17, 15) is 8.42 Å². The van der Waals surface area contributed by atoms with Gasteiger partial charge in [-0.3, -0.25) is 0 Å². The minimum atomic E-state index is -3.36. The number of hydrogen-bond donors (Lipinski definition) is 0. The summed E-state index contributed by atoms with van der Waals surface area (Å²) in [6.45, 7) is 9.41. The lowest BCUT2D eigenvalue weighted by atomic mass is 9.65. The zero-order valence-corrected chi connectivity index (χ0v) is 14.2. The normalized spacial score (nSPS) is 32.3. The zero-order chi connectivity index (χ0) is 15.5. The molecule has 1 heterocycles. The van der Waals surface area contributed by atoms with Crippen molar-refractivity contribution < 1.29 is 8.42 Å². The number of benzene rings is 1. The average Bonchev–Trinajstić information content (AvgIpc) is 2.59. The molecule has 2 bridgehead atoms. The first-order valence-corrected chi connectivity index (χ1v) is 9.14. The van der Waals surface area contributed by atoms with Gasteiger partial charge in [0.25, 0.3) is 0 Å². The molecule has 3 rings (SSSR count). The molecule has 2 aliphatic rings. The van der Waals surface area contributed by atoms with Gasteiger partial charge < -0.3 is 0 Å². The molecule has 1 saturated heterocycles. The van der Waals surface area contributed by atoms with Gasteiger partial charge >= 0.3 is 0 Å². The maximum Gasteiger partial charge on any atom is 0.243 e. The van der Waals surface area contributed by atoms with Crippen molar-refractivity contribution in [2.24, 2.45) is 10.8 Å². The van der Waals surface area contributed by atoms with Crippen molar-refractivity contribution >= 4 is 10.0 Å². The molecule has 1 saturated carbocycles. The van der Waals surface area contributed by atoms with Gasteiger partial charge in [-0.15, -0.1) is 0 Å². The first kappa shape index (κ1) is 15.0. The van der Waals surface area contributed by atoms with E-state index in [1.165, 1.54) is 0 Å². The highest BCUT2D eigenvalue weighted by molar-refractivity contribution is 7.89. The molecule has 0 N–H and O–H groups in total. The predicted molar refractivity (Wildman–Crippen MR) is 84.6 cm³/mol. The van der Waals surface area contributed by atoms with Gasteiger partial charge in [0.15, 0.2) is 0 Å². The predicted octanol–water partition coefficient (Wildman–Crippen LogP) is 3.58. The number of sulfonamides is 1. The first-order chi connectivity index (χ1) is 9.61. The molecule has 0 spiro atoms. The maximum absolute atomic E-state index is 13.0. The van der Waals surface area contributed by atoms with Crippen molar-refractivity contribution in [1.29, 1.82) is 0 Å². The van der Waals surface area contributed by atoms with Crippen LogP contribution in [0.3, 0.4) is 0 Å². The Bertz CT molecular complexity index is 648. The maximum atomic E-state index is 13.0. The summed E-state index contributed by atoms with van der Waals surface area (Å²) in [4.78, 5) is 0.432. The summed E-state index contributed by atoms with van der Waals surface area (Å²) < 4.78 is 27.7. The quantitative estimate of drug-likeness (QED) is 0.837. The second kappa shape index (κ2) is 4.56. The lowest BCUT2D eigenvalue weighted by Crippen LogP contribution is -2.37. The van der Waals surface area contributed by atoms with Crippen LogP contribution in [0.25, 0.3) is 0 Å². The molecule has 0 aromatic heterocycles. The minimum Gasteiger partial charge on any atom is -0.207 e. The number of hydrogen-bond acceptors (Lipinski definition) is 2. The van der Waals surface area contributed by atoms with Gasteiger partial charge in [0.1, 0.15) is 0 Å². The van der Waals surface area contributed by atoms with Crippen LogP contribution in [0.2, 0.25) is 0 Å². The summed E-state index contributed by atoms with van der Waals surface area (Å²) in [7, 11) is -3.36. The van der Waals surface area contributed by atoms with Crippen molar-refractivity contribution in [3.8, 4) is 0 Å². The van der Waals surface area contributed by atoms with Gasteiger partial charge in [-0.2, -0.15) is 4.31 Å². The highest BCUT2D eigenvalue weighted by Crippen LogP contribution is 2.53. The van der Waals surface area contributed by atoms with Crippen molar-refractivity contribution in [2.75, 3.05) is 6.54 Å². The van der Waals surface area contributed by atoms with Crippen LogP contribution < -0.4 is 0 Å². The number of rotatable bonds is 2. The Hall–Kier alpha value is -0.870. The average molecular weight is 307 g/mol. The van der Waals surface area contributed by atoms with Crippen LogP contribution in [0.5, 0.6) is 0 Å². The van der Waals surface area contributed by atoms with E-state index >= 15 is 0 Å². The molecule has 4 heteroatoms.